The molecule has 3 heteroatoms. The van der Waals surface area contributed by atoms with E-state index in [2.05, 4.69) is 69.5 Å². The third-order valence-corrected chi connectivity index (χ3v) is 11.8. The van der Waals surface area contributed by atoms with Crippen molar-refractivity contribution in [2.45, 2.75) is 51.6 Å². The Morgan fingerprint density at radius 3 is 2.00 bits per heavy atom. The molecule has 1 rings (SSSR count). The summed E-state index contributed by atoms with van der Waals surface area (Å²) >= 11 is 0. The smallest absolute Gasteiger partial charge is 0.126 e. The Balaban J connectivity index is 2.92. The highest BCUT2D eigenvalue weighted by Crippen LogP contribution is 2.44. The van der Waals surface area contributed by atoms with E-state index in [4.69, 9.17) is 0 Å². The molecule has 0 aromatic rings. The van der Waals surface area contributed by atoms with Crippen molar-refractivity contribution < 1.29 is 0 Å². The van der Waals surface area contributed by atoms with Crippen molar-refractivity contribution in [2.24, 2.45) is 0 Å². The van der Waals surface area contributed by atoms with Crippen molar-refractivity contribution in [2.75, 3.05) is 0 Å². The fraction of sp³-hybridized carbons (Fsp3) is 0.667. The van der Waals surface area contributed by atoms with Gasteiger partial charge in [0.05, 0.1) is 0 Å². The monoisotopic (exact) mass is 239 g/mol. The van der Waals surface area contributed by atoms with Crippen LogP contribution in [0.4, 0.5) is 0 Å². The van der Waals surface area contributed by atoms with Crippen LogP contribution in [0.25, 0.3) is 0 Å². The van der Waals surface area contributed by atoms with E-state index in [0.717, 1.165) is 0 Å². The van der Waals surface area contributed by atoms with Gasteiger partial charge in [0.15, 0.2) is 0 Å². The lowest BCUT2D eigenvalue weighted by atomic mass is 10.2. The third-order valence-electron chi connectivity index (χ3n) is 3.25. The molecule has 1 atom stereocenters. The molecule has 0 spiro atoms. The van der Waals surface area contributed by atoms with E-state index < -0.39 is 16.5 Å². The molecule has 15 heavy (non-hydrogen) atoms. The summed E-state index contributed by atoms with van der Waals surface area (Å²) in [6, 6.07) is 0. The molecular weight excluding hydrogens is 214 g/mol. The van der Waals surface area contributed by atoms with Crippen LogP contribution in [0.3, 0.4) is 0 Å². The van der Waals surface area contributed by atoms with Gasteiger partial charge in [-0.25, -0.2) is 0 Å². The molecule has 86 valence electrons. The van der Waals surface area contributed by atoms with Gasteiger partial charge in [-0.15, -0.1) is 0 Å². The molecule has 1 unspecified atom stereocenters. The molecule has 0 amide bonds. The van der Waals surface area contributed by atoms with Crippen molar-refractivity contribution >= 4 is 16.5 Å². The summed E-state index contributed by atoms with van der Waals surface area (Å²) in [7, 11) is -2.60. The first kappa shape index (κ1) is 12.9. The van der Waals surface area contributed by atoms with E-state index >= 15 is 0 Å². The van der Waals surface area contributed by atoms with Gasteiger partial charge in [-0.1, -0.05) is 63.5 Å². The van der Waals surface area contributed by atoms with Gasteiger partial charge in [0.2, 0.25) is 0 Å². The number of nitrogens with one attached hydrogen (secondary N) is 1. The second-order valence-electron chi connectivity index (χ2n) is 6.50. The minimum absolute atomic E-state index is 0.289. The lowest BCUT2D eigenvalue weighted by molar-refractivity contribution is 0.894. The average molecular weight is 240 g/mol. The normalized spacial score (nSPS) is 27.0. The minimum Gasteiger partial charge on any atom is -0.359 e. The number of hydrogen-bond donors (Lipinski definition) is 1. The quantitative estimate of drug-likeness (QED) is 0.737. The number of hydrogen-bond acceptors (Lipinski definition) is 1. The first-order chi connectivity index (χ1) is 6.56. The Bertz CT molecular complexity index is 310. The Kier molecular flexibility index (Phi) is 3.21. The molecule has 0 bridgehead atoms. The fourth-order valence-electron chi connectivity index (χ4n) is 2.33. The summed E-state index contributed by atoms with van der Waals surface area (Å²) in [5, 5.41) is 0.289. The molecule has 0 fully saturated rings. The molecule has 0 aromatic heterocycles. The highest BCUT2D eigenvalue weighted by molar-refractivity contribution is 6.92. The SMILES string of the molecule is CC1=CC(C)([Si](C)(C)N[Si](C)(C)C)C=C1. The lowest BCUT2D eigenvalue weighted by Gasteiger charge is -2.42. The van der Waals surface area contributed by atoms with Crippen LogP contribution in [0.1, 0.15) is 13.8 Å². The second-order valence-corrected chi connectivity index (χ2v) is 16.3. The summed E-state index contributed by atoms with van der Waals surface area (Å²) in [6.45, 7) is 16.6. The van der Waals surface area contributed by atoms with Gasteiger partial charge in [-0.05, 0) is 6.92 Å². The molecule has 0 heterocycles. The lowest BCUT2D eigenvalue weighted by Crippen LogP contribution is -2.62. The van der Waals surface area contributed by atoms with E-state index in [1.165, 1.54) is 5.57 Å². The van der Waals surface area contributed by atoms with Gasteiger partial charge >= 0.3 is 0 Å². The van der Waals surface area contributed by atoms with Crippen LogP contribution in [0, 0.1) is 0 Å². The summed E-state index contributed by atoms with van der Waals surface area (Å²) in [5.74, 6) is 0. The molecule has 0 saturated carbocycles. The van der Waals surface area contributed by atoms with E-state index in [1.54, 1.807) is 0 Å². The zero-order valence-electron chi connectivity index (χ0n) is 11.2. The predicted molar refractivity (Wildman–Crippen MR) is 75.2 cm³/mol. The summed E-state index contributed by atoms with van der Waals surface area (Å²) in [6.07, 6.45) is 7.09. The molecule has 1 aliphatic carbocycles. The Morgan fingerprint density at radius 1 is 1.13 bits per heavy atom. The molecule has 0 saturated heterocycles. The van der Waals surface area contributed by atoms with E-state index in [-0.39, 0.29) is 5.04 Å². The van der Waals surface area contributed by atoms with Crippen LogP contribution in [0.15, 0.2) is 23.8 Å². The number of allylic oxidation sites excluding steroid dienone is 4. The van der Waals surface area contributed by atoms with Crippen molar-refractivity contribution in [3.63, 3.8) is 0 Å². The Hall–Kier alpha value is -0.126. The average Bonchev–Trinajstić information content (AvgIpc) is 2.27. The van der Waals surface area contributed by atoms with Crippen LogP contribution in [-0.4, -0.2) is 16.5 Å². The van der Waals surface area contributed by atoms with E-state index in [1.807, 2.05) is 0 Å². The first-order valence-electron chi connectivity index (χ1n) is 5.74. The fourth-order valence-corrected chi connectivity index (χ4v) is 12.0. The van der Waals surface area contributed by atoms with Crippen molar-refractivity contribution in [1.29, 1.82) is 0 Å². The van der Waals surface area contributed by atoms with Gasteiger partial charge in [0.25, 0.3) is 0 Å². The summed E-state index contributed by atoms with van der Waals surface area (Å²) in [4.78, 5) is 0. The van der Waals surface area contributed by atoms with Gasteiger partial charge in [0, 0.05) is 5.04 Å². The summed E-state index contributed by atoms with van der Waals surface area (Å²) in [5.41, 5.74) is 1.41. The first-order valence-corrected chi connectivity index (χ1v) is 12.2. The van der Waals surface area contributed by atoms with Gasteiger partial charge in [0.1, 0.15) is 16.5 Å². The second kappa shape index (κ2) is 3.72. The summed E-state index contributed by atoms with van der Waals surface area (Å²) < 4.78 is 3.98. The topological polar surface area (TPSA) is 12.0 Å². The van der Waals surface area contributed by atoms with Crippen LogP contribution in [-0.2, 0) is 0 Å². The van der Waals surface area contributed by atoms with Crippen molar-refractivity contribution in [3.8, 4) is 0 Å². The maximum absolute atomic E-state index is 3.98. The minimum atomic E-state index is -1.42. The van der Waals surface area contributed by atoms with Crippen LogP contribution < -0.4 is 4.65 Å². The zero-order chi connectivity index (χ0) is 11.9. The molecule has 0 aliphatic heterocycles. The van der Waals surface area contributed by atoms with Crippen molar-refractivity contribution in [1.82, 2.24) is 4.65 Å². The highest BCUT2D eigenvalue weighted by Gasteiger charge is 2.43. The predicted octanol–water partition coefficient (Wildman–Crippen LogP) is 3.89. The van der Waals surface area contributed by atoms with Crippen LogP contribution in [0.2, 0.25) is 37.8 Å². The number of rotatable bonds is 3. The van der Waals surface area contributed by atoms with Gasteiger partial charge in [-0.3, -0.25) is 0 Å². The molecule has 1 N–H and O–H groups in total. The molecule has 0 radical (unpaired) electrons. The maximum Gasteiger partial charge on any atom is 0.126 e. The molecule has 1 aliphatic rings. The van der Waals surface area contributed by atoms with Crippen molar-refractivity contribution in [3.05, 3.63) is 23.8 Å². The van der Waals surface area contributed by atoms with Gasteiger partial charge < -0.3 is 4.65 Å². The molecular formula is C12H25NSi2. The van der Waals surface area contributed by atoms with Crippen LogP contribution in [0.5, 0.6) is 0 Å². The molecule has 1 nitrogen and oxygen atoms in total. The van der Waals surface area contributed by atoms with Gasteiger partial charge in [-0.2, -0.15) is 0 Å². The van der Waals surface area contributed by atoms with E-state index in [0.29, 0.717) is 0 Å². The van der Waals surface area contributed by atoms with Crippen LogP contribution >= 0.6 is 0 Å². The highest BCUT2D eigenvalue weighted by atomic mass is 28.4. The Morgan fingerprint density at radius 2 is 1.67 bits per heavy atom. The molecule has 0 aromatic carbocycles. The standard InChI is InChI=1S/C12H25NSi2/c1-11-8-9-12(2,10-11)15(6,7)13-14(3,4)5/h8-10,13H,1-7H3. The Labute approximate surface area is 96.8 Å². The zero-order valence-corrected chi connectivity index (χ0v) is 13.2. The maximum atomic E-state index is 3.98. The third kappa shape index (κ3) is 2.92. The largest absolute Gasteiger partial charge is 0.359 e. The van der Waals surface area contributed by atoms with E-state index in [9.17, 15) is 0 Å².